The van der Waals surface area contributed by atoms with Crippen molar-refractivity contribution in [3.8, 4) is 0 Å². The molecule has 0 saturated heterocycles. The molecule has 0 unspecified atom stereocenters. The Morgan fingerprint density at radius 1 is 1.32 bits per heavy atom. The fraction of sp³-hybridized carbons (Fsp3) is 0.417. The number of benzene rings is 1. The molecule has 1 aromatic carbocycles. The van der Waals surface area contributed by atoms with Crippen molar-refractivity contribution in [3.05, 3.63) is 29.3 Å². The average Bonchev–Trinajstić information content (AvgIpc) is 2.63. The van der Waals surface area contributed by atoms with E-state index in [0.717, 1.165) is 0 Å². The van der Waals surface area contributed by atoms with Gasteiger partial charge in [0.1, 0.15) is 11.6 Å². The number of aromatic nitrogens is 2. The predicted molar refractivity (Wildman–Crippen MR) is 64.7 cm³/mol. The predicted octanol–water partition coefficient (Wildman–Crippen LogP) is 4.18. The molecule has 0 radical (unpaired) electrons. The van der Waals surface area contributed by atoms with Crippen molar-refractivity contribution in [2.24, 2.45) is 0 Å². The SMILES string of the molecule is Cc1cc2c(cc1F)nc(CCl)n2CCC(F)(F)F. The van der Waals surface area contributed by atoms with Gasteiger partial charge in [-0.3, -0.25) is 0 Å². The van der Waals surface area contributed by atoms with Gasteiger partial charge in [0, 0.05) is 12.6 Å². The number of nitrogens with zero attached hydrogens (tertiary/aromatic N) is 2. The number of hydrogen-bond donors (Lipinski definition) is 0. The molecule has 19 heavy (non-hydrogen) atoms. The normalized spacial score (nSPS) is 12.3. The second-order valence-electron chi connectivity index (χ2n) is 4.27. The van der Waals surface area contributed by atoms with E-state index in [9.17, 15) is 17.6 Å². The van der Waals surface area contributed by atoms with Crippen LogP contribution in [0.3, 0.4) is 0 Å². The van der Waals surface area contributed by atoms with Crippen LogP contribution in [0.25, 0.3) is 11.0 Å². The number of aryl methyl sites for hydroxylation is 2. The van der Waals surface area contributed by atoms with Crippen molar-refractivity contribution in [1.82, 2.24) is 9.55 Å². The van der Waals surface area contributed by atoms with E-state index >= 15 is 0 Å². The molecule has 0 amide bonds. The fourth-order valence-corrected chi connectivity index (χ4v) is 2.09. The van der Waals surface area contributed by atoms with Crippen LogP contribution in [-0.4, -0.2) is 15.7 Å². The van der Waals surface area contributed by atoms with E-state index in [-0.39, 0.29) is 12.4 Å². The quantitative estimate of drug-likeness (QED) is 0.613. The molecule has 2 rings (SSSR count). The molecule has 0 aliphatic rings. The van der Waals surface area contributed by atoms with Gasteiger partial charge in [0.15, 0.2) is 0 Å². The van der Waals surface area contributed by atoms with E-state index in [1.165, 1.54) is 16.7 Å². The Bertz CT molecular complexity index is 604. The number of halogens is 5. The van der Waals surface area contributed by atoms with Crippen LogP contribution in [0.4, 0.5) is 17.6 Å². The van der Waals surface area contributed by atoms with Gasteiger partial charge in [-0.2, -0.15) is 13.2 Å². The van der Waals surface area contributed by atoms with Crippen molar-refractivity contribution in [1.29, 1.82) is 0 Å². The Labute approximate surface area is 112 Å². The molecule has 0 aliphatic carbocycles. The maximum atomic E-state index is 13.4. The minimum atomic E-state index is -4.25. The van der Waals surface area contributed by atoms with Gasteiger partial charge in [0.25, 0.3) is 0 Å². The van der Waals surface area contributed by atoms with Crippen LogP contribution >= 0.6 is 11.6 Å². The highest BCUT2D eigenvalue weighted by atomic mass is 35.5. The summed E-state index contributed by atoms with van der Waals surface area (Å²) in [5.41, 5.74) is 1.15. The maximum absolute atomic E-state index is 13.4. The molecule has 0 saturated carbocycles. The smallest absolute Gasteiger partial charge is 0.327 e. The van der Waals surface area contributed by atoms with E-state index in [0.29, 0.717) is 22.4 Å². The summed E-state index contributed by atoms with van der Waals surface area (Å²) in [5, 5.41) is 0. The first-order valence-corrected chi connectivity index (χ1v) is 6.13. The lowest BCUT2D eigenvalue weighted by molar-refractivity contribution is -0.136. The summed E-state index contributed by atoms with van der Waals surface area (Å²) >= 11 is 5.67. The van der Waals surface area contributed by atoms with Gasteiger partial charge in [-0.1, -0.05) is 0 Å². The summed E-state index contributed by atoms with van der Waals surface area (Å²) in [6, 6.07) is 2.70. The molecule has 7 heteroatoms. The summed E-state index contributed by atoms with van der Waals surface area (Å²) < 4.78 is 51.7. The molecular formula is C12H11ClF4N2. The van der Waals surface area contributed by atoms with Crippen molar-refractivity contribution >= 4 is 22.6 Å². The van der Waals surface area contributed by atoms with Crippen LogP contribution in [0, 0.1) is 12.7 Å². The van der Waals surface area contributed by atoms with Crippen molar-refractivity contribution in [2.45, 2.75) is 31.9 Å². The number of alkyl halides is 4. The van der Waals surface area contributed by atoms with Gasteiger partial charge in [0.05, 0.1) is 23.3 Å². The second kappa shape index (κ2) is 5.00. The molecule has 1 heterocycles. The van der Waals surface area contributed by atoms with Crippen LogP contribution in [0.1, 0.15) is 17.8 Å². The standard InChI is InChI=1S/C12H11ClF4N2/c1-7-4-10-9(5-8(7)14)18-11(6-13)19(10)3-2-12(15,16)17/h4-5H,2-3,6H2,1H3. The van der Waals surface area contributed by atoms with E-state index in [1.54, 1.807) is 6.92 Å². The Morgan fingerprint density at radius 2 is 2.00 bits per heavy atom. The molecule has 1 aromatic heterocycles. The van der Waals surface area contributed by atoms with E-state index < -0.39 is 18.4 Å². The van der Waals surface area contributed by atoms with Crippen LogP contribution in [0.2, 0.25) is 0 Å². The van der Waals surface area contributed by atoms with Gasteiger partial charge in [0.2, 0.25) is 0 Å². The van der Waals surface area contributed by atoms with E-state index in [2.05, 4.69) is 4.98 Å². The van der Waals surface area contributed by atoms with Gasteiger partial charge >= 0.3 is 6.18 Å². The minimum absolute atomic E-state index is 0.0206. The summed E-state index contributed by atoms with van der Waals surface area (Å²) in [7, 11) is 0. The lowest BCUT2D eigenvalue weighted by Gasteiger charge is -2.10. The molecule has 2 nitrogen and oxygen atoms in total. The van der Waals surface area contributed by atoms with Crippen molar-refractivity contribution in [3.63, 3.8) is 0 Å². The van der Waals surface area contributed by atoms with E-state index in [1.807, 2.05) is 0 Å². The molecule has 0 fully saturated rings. The Hall–Kier alpha value is -1.30. The number of hydrogen-bond acceptors (Lipinski definition) is 1. The zero-order chi connectivity index (χ0) is 14.2. The summed E-state index contributed by atoms with van der Waals surface area (Å²) in [6.07, 6.45) is -5.23. The summed E-state index contributed by atoms with van der Waals surface area (Å²) in [6.45, 7) is 1.28. The largest absolute Gasteiger partial charge is 0.390 e. The van der Waals surface area contributed by atoms with Gasteiger partial charge in [-0.15, -0.1) is 11.6 Å². The Kier molecular flexibility index (Phi) is 3.71. The van der Waals surface area contributed by atoms with Gasteiger partial charge in [-0.05, 0) is 18.6 Å². The third-order valence-corrected chi connectivity index (χ3v) is 3.09. The zero-order valence-electron chi connectivity index (χ0n) is 10.1. The molecule has 0 bridgehead atoms. The van der Waals surface area contributed by atoms with Gasteiger partial charge in [-0.25, -0.2) is 9.37 Å². The summed E-state index contributed by atoms with van der Waals surface area (Å²) in [4.78, 5) is 4.06. The Balaban J connectivity index is 2.48. The third kappa shape index (κ3) is 3.00. The summed E-state index contributed by atoms with van der Waals surface area (Å²) in [5.74, 6) is -0.146. The van der Waals surface area contributed by atoms with Crippen molar-refractivity contribution < 1.29 is 17.6 Å². The first-order valence-electron chi connectivity index (χ1n) is 5.60. The molecule has 0 atom stereocenters. The molecule has 0 spiro atoms. The van der Waals surface area contributed by atoms with E-state index in [4.69, 9.17) is 11.6 Å². The average molecular weight is 295 g/mol. The first-order chi connectivity index (χ1) is 8.81. The minimum Gasteiger partial charge on any atom is -0.327 e. The molecular weight excluding hydrogens is 284 g/mol. The highest BCUT2D eigenvalue weighted by Crippen LogP contribution is 2.25. The topological polar surface area (TPSA) is 17.8 Å². The lowest BCUT2D eigenvalue weighted by atomic mass is 10.2. The zero-order valence-corrected chi connectivity index (χ0v) is 10.8. The highest BCUT2D eigenvalue weighted by Gasteiger charge is 2.27. The molecule has 104 valence electrons. The Morgan fingerprint density at radius 3 is 2.58 bits per heavy atom. The van der Waals surface area contributed by atoms with Crippen LogP contribution < -0.4 is 0 Å². The number of imidazole rings is 1. The highest BCUT2D eigenvalue weighted by molar-refractivity contribution is 6.16. The fourth-order valence-electron chi connectivity index (χ4n) is 1.89. The first kappa shape index (κ1) is 14.1. The third-order valence-electron chi connectivity index (χ3n) is 2.85. The van der Waals surface area contributed by atoms with Crippen molar-refractivity contribution in [2.75, 3.05) is 0 Å². The molecule has 0 aliphatic heterocycles. The number of rotatable bonds is 3. The molecule has 2 aromatic rings. The molecule has 0 N–H and O–H groups in total. The van der Waals surface area contributed by atoms with Crippen LogP contribution in [0.5, 0.6) is 0 Å². The van der Waals surface area contributed by atoms with Crippen LogP contribution in [-0.2, 0) is 12.4 Å². The lowest BCUT2D eigenvalue weighted by Crippen LogP contribution is -2.13. The maximum Gasteiger partial charge on any atom is 0.390 e. The second-order valence-corrected chi connectivity index (χ2v) is 4.54. The van der Waals surface area contributed by atoms with Crippen LogP contribution in [0.15, 0.2) is 12.1 Å². The monoisotopic (exact) mass is 294 g/mol. The van der Waals surface area contributed by atoms with Gasteiger partial charge < -0.3 is 4.57 Å². The number of fused-ring (bicyclic) bond motifs is 1.